The van der Waals surface area contributed by atoms with Gasteiger partial charge in [-0.1, -0.05) is 41.4 Å². The third-order valence-electron chi connectivity index (χ3n) is 4.43. The van der Waals surface area contributed by atoms with Crippen molar-refractivity contribution < 1.29 is 9.59 Å². The average Bonchev–Trinajstić information content (AvgIpc) is 2.67. The third kappa shape index (κ3) is 4.29. The molecular weight excluding hydrogens is 429 g/mol. The van der Waals surface area contributed by atoms with Gasteiger partial charge in [-0.15, -0.1) is 0 Å². The number of benzene rings is 2. The summed E-state index contributed by atoms with van der Waals surface area (Å²) in [6.45, 7) is 0. The van der Waals surface area contributed by atoms with E-state index in [1.54, 1.807) is 42.5 Å². The van der Waals surface area contributed by atoms with Crippen LogP contribution in [-0.4, -0.2) is 21.8 Å². The number of amides is 2. The number of aromatic nitrogens is 2. The van der Waals surface area contributed by atoms with Gasteiger partial charge in [-0.3, -0.25) is 19.4 Å². The number of carbonyl (C=O) groups is 2. The third-order valence-corrected chi connectivity index (χ3v) is 4.87. The maximum Gasteiger partial charge on any atom is 0.258 e. The zero-order valence-electron chi connectivity index (χ0n) is 15.3. The highest BCUT2D eigenvalue weighted by Crippen LogP contribution is 2.30. The maximum absolute atomic E-state index is 12.8. The molecule has 152 valence electrons. The molecule has 0 spiro atoms. The minimum absolute atomic E-state index is 0.0267. The van der Waals surface area contributed by atoms with E-state index in [9.17, 15) is 14.4 Å². The number of nitrogens with one attached hydrogen (secondary N) is 4. The van der Waals surface area contributed by atoms with E-state index in [0.29, 0.717) is 21.4 Å². The molecule has 3 aromatic rings. The summed E-state index contributed by atoms with van der Waals surface area (Å²) in [6, 6.07) is 13.5. The van der Waals surface area contributed by atoms with Gasteiger partial charge in [0.25, 0.3) is 5.56 Å². The van der Waals surface area contributed by atoms with Crippen molar-refractivity contribution in [2.75, 3.05) is 16.0 Å². The van der Waals surface area contributed by atoms with Gasteiger partial charge >= 0.3 is 0 Å². The first-order valence-electron chi connectivity index (χ1n) is 8.92. The number of para-hydroxylation sites is 1. The summed E-state index contributed by atoms with van der Waals surface area (Å²) in [5.41, 5.74) is 0.619. The van der Waals surface area contributed by atoms with Crippen LogP contribution < -0.4 is 21.5 Å². The Morgan fingerprint density at radius 1 is 1.03 bits per heavy atom. The van der Waals surface area contributed by atoms with E-state index in [2.05, 4.69) is 25.9 Å². The number of anilines is 4. The van der Waals surface area contributed by atoms with Crippen LogP contribution in [0.2, 0.25) is 10.0 Å². The van der Waals surface area contributed by atoms with Crippen molar-refractivity contribution in [1.82, 2.24) is 9.97 Å². The molecule has 0 fully saturated rings. The van der Waals surface area contributed by atoms with Gasteiger partial charge in [0.2, 0.25) is 17.8 Å². The van der Waals surface area contributed by atoms with Crippen LogP contribution in [0.3, 0.4) is 0 Å². The fourth-order valence-corrected chi connectivity index (χ4v) is 3.69. The van der Waals surface area contributed by atoms with Gasteiger partial charge in [0.05, 0.1) is 11.5 Å². The number of H-pyrrole nitrogens is 1. The predicted molar refractivity (Wildman–Crippen MR) is 116 cm³/mol. The smallest absolute Gasteiger partial charge is 0.258 e. The highest BCUT2D eigenvalue weighted by atomic mass is 35.5. The van der Waals surface area contributed by atoms with Crippen LogP contribution in [0.1, 0.15) is 17.9 Å². The topological polar surface area (TPSA) is 116 Å². The fraction of sp³-hybridized carbons (Fsp3) is 0.100. The van der Waals surface area contributed by atoms with Crippen molar-refractivity contribution in [3.63, 3.8) is 0 Å². The molecule has 0 bridgehead atoms. The summed E-state index contributed by atoms with van der Waals surface area (Å²) in [5, 5.41) is 8.97. The first-order chi connectivity index (χ1) is 14.4. The molecule has 2 heterocycles. The van der Waals surface area contributed by atoms with Gasteiger partial charge in [0.15, 0.2) is 0 Å². The summed E-state index contributed by atoms with van der Waals surface area (Å²) in [6.07, 6.45) is -0.160. The van der Waals surface area contributed by atoms with Gasteiger partial charge in [-0.25, -0.2) is 0 Å². The molecule has 1 atom stereocenters. The van der Waals surface area contributed by atoms with Crippen LogP contribution in [0.15, 0.2) is 53.3 Å². The van der Waals surface area contributed by atoms with E-state index >= 15 is 0 Å². The lowest BCUT2D eigenvalue weighted by atomic mass is 9.92. The van der Waals surface area contributed by atoms with Crippen molar-refractivity contribution in [2.24, 2.45) is 0 Å². The number of nitrogens with zero attached hydrogens (tertiary/aromatic N) is 1. The van der Waals surface area contributed by atoms with E-state index in [1.165, 1.54) is 0 Å². The lowest BCUT2D eigenvalue weighted by molar-refractivity contribution is -0.123. The average molecular weight is 444 g/mol. The Balaban J connectivity index is 1.65. The monoisotopic (exact) mass is 443 g/mol. The molecule has 10 heteroatoms. The van der Waals surface area contributed by atoms with Crippen molar-refractivity contribution in [3.05, 3.63) is 74.5 Å². The number of aromatic amines is 1. The Kier molecular flexibility index (Phi) is 5.43. The Hall–Kier alpha value is -3.36. The van der Waals surface area contributed by atoms with E-state index in [1.807, 2.05) is 6.07 Å². The minimum Gasteiger partial charge on any atom is -0.326 e. The molecule has 4 rings (SSSR count). The second-order valence-corrected chi connectivity index (χ2v) is 7.49. The largest absolute Gasteiger partial charge is 0.326 e. The molecule has 8 nitrogen and oxygen atoms in total. The molecular formula is C20H15Cl2N5O3. The lowest BCUT2D eigenvalue weighted by Gasteiger charge is -2.23. The van der Waals surface area contributed by atoms with E-state index in [4.69, 9.17) is 23.2 Å². The number of hydrogen-bond donors (Lipinski definition) is 4. The Bertz CT molecular complexity index is 1180. The Morgan fingerprint density at radius 2 is 1.73 bits per heavy atom. The SMILES string of the molecule is O=C1CC(C(=O)Nc2ccccc2)c2c(nc(Nc3cc(Cl)cc(Cl)c3)[nH]c2=O)N1. The van der Waals surface area contributed by atoms with E-state index in [0.717, 1.165) is 0 Å². The normalized spacial score (nSPS) is 15.1. The van der Waals surface area contributed by atoms with Gasteiger partial charge in [0, 0.05) is 27.8 Å². The summed E-state index contributed by atoms with van der Waals surface area (Å²) < 4.78 is 0. The lowest BCUT2D eigenvalue weighted by Crippen LogP contribution is -2.36. The van der Waals surface area contributed by atoms with Crippen LogP contribution in [0.25, 0.3) is 0 Å². The number of fused-ring (bicyclic) bond motifs is 1. The maximum atomic E-state index is 12.8. The van der Waals surface area contributed by atoms with Crippen LogP contribution >= 0.6 is 23.2 Å². The van der Waals surface area contributed by atoms with Gasteiger partial charge in [-0.05, 0) is 30.3 Å². The summed E-state index contributed by atoms with van der Waals surface area (Å²) in [4.78, 5) is 44.5. The van der Waals surface area contributed by atoms with Crippen molar-refractivity contribution in [1.29, 1.82) is 0 Å². The van der Waals surface area contributed by atoms with Crippen molar-refractivity contribution in [3.8, 4) is 0 Å². The van der Waals surface area contributed by atoms with Crippen LogP contribution in [0.4, 0.5) is 23.1 Å². The second kappa shape index (κ2) is 8.17. The number of rotatable bonds is 4. The molecule has 1 unspecified atom stereocenters. The second-order valence-electron chi connectivity index (χ2n) is 6.62. The number of carbonyl (C=O) groups excluding carboxylic acids is 2. The summed E-state index contributed by atoms with van der Waals surface area (Å²) >= 11 is 12.0. The molecule has 2 amide bonds. The highest BCUT2D eigenvalue weighted by Gasteiger charge is 2.34. The van der Waals surface area contributed by atoms with Crippen LogP contribution in [-0.2, 0) is 9.59 Å². The molecule has 30 heavy (non-hydrogen) atoms. The van der Waals surface area contributed by atoms with Crippen molar-refractivity contribution >= 4 is 58.2 Å². The molecule has 2 aromatic carbocycles. The predicted octanol–water partition coefficient (Wildman–Crippen LogP) is 3.88. The number of hydrogen-bond acceptors (Lipinski definition) is 5. The van der Waals surface area contributed by atoms with Crippen molar-refractivity contribution in [2.45, 2.75) is 12.3 Å². The van der Waals surface area contributed by atoms with Gasteiger partial charge < -0.3 is 16.0 Å². The molecule has 1 aliphatic rings. The molecule has 0 saturated carbocycles. The zero-order chi connectivity index (χ0) is 21.3. The van der Waals surface area contributed by atoms with Gasteiger partial charge in [-0.2, -0.15) is 4.98 Å². The van der Waals surface area contributed by atoms with Gasteiger partial charge in [0.1, 0.15) is 5.82 Å². The summed E-state index contributed by atoms with van der Waals surface area (Å²) in [7, 11) is 0. The van der Waals surface area contributed by atoms with E-state index < -0.39 is 23.3 Å². The first-order valence-corrected chi connectivity index (χ1v) is 9.68. The minimum atomic E-state index is -0.972. The Morgan fingerprint density at radius 3 is 2.43 bits per heavy atom. The molecule has 1 aromatic heterocycles. The van der Waals surface area contributed by atoms with Crippen LogP contribution in [0, 0.1) is 0 Å². The molecule has 1 aliphatic heterocycles. The first kappa shape index (κ1) is 19.9. The van der Waals surface area contributed by atoms with E-state index in [-0.39, 0.29) is 23.8 Å². The Labute approximate surface area is 180 Å². The molecule has 0 saturated heterocycles. The molecule has 0 aliphatic carbocycles. The molecule has 4 N–H and O–H groups in total. The summed E-state index contributed by atoms with van der Waals surface area (Å²) in [5.74, 6) is -1.75. The zero-order valence-corrected chi connectivity index (χ0v) is 16.8. The fourth-order valence-electron chi connectivity index (χ4n) is 3.17. The highest BCUT2D eigenvalue weighted by molar-refractivity contribution is 6.35. The quantitative estimate of drug-likeness (QED) is 0.488. The van der Waals surface area contributed by atoms with Crippen LogP contribution in [0.5, 0.6) is 0 Å². The number of halogens is 2. The standard InChI is InChI=1S/C20H15Cl2N5O3/c21-10-6-11(22)8-13(7-10)24-20-26-17-16(19(30)27-20)14(9-15(28)25-17)18(29)23-12-4-2-1-3-5-12/h1-8,14H,9H2,(H,23,29)(H3,24,25,26,27,28,30). The molecule has 0 radical (unpaired) electrons.